The number of halogens is 3. The predicted octanol–water partition coefficient (Wildman–Crippen LogP) is 3.35. The van der Waals surface area contributed by atoms with Crippen LogP contribution in [0.4, 0.5) is 8.78 Å². The lowest BCUT2D eigenvalue weighted by Gasteiger charge is -2.16. The SMILES string of the molecule is COC(=O)C(C)n1c(C(C)Cl)nc2ccc(F)c(F)c21. The highest BCUT2D eigenvalue weighted by Crippen LogP contribution is 2.30. The highest BCUT2D eigenvalue weighted by Gasteiger charge is 2.27. The Morgan fingerprint density at radius 2 is 2.05 bits per heavy atom. The number of nitrogens with zero attached hydrogens (tertiary/aromatic N) is 2. The van der Waals surface area contributed by atoms with Crippen LogP contribution in [0.25, 0.3) is 11.0 Å². The number of ether oxygens (including phenoxy) is 1. The molecule has 0 spiro atoms. The van der Waals surface area contributed by atoms with Gasteiger partial charge in [0, 0.05) is 0 Å². The van der Waals surface area contributed by atoms with Crippen LogP contribution in [0.15, 0.2) is 12.1 Å². The van der Waals surface area contributed by atoms with Gasteiger partial charge in [-0.3, -0.25) is 0 Å². The van der Waals surface area contributed by atoms with Crippen molar-refractivity contribution in [1.29, 1.82) is 0 Å². The van der Waals surface area contributed by atoms with Crippen LogP contribution in [0.2, 0.25) is 0 Å². The third kappa shape index (κ3) is 2.24. The number of rotatable bonds is 3. The first kappa shape index (κ1) is 14.7. The van der Waals surface area contributed by atoms with Gasteiger partial charge < -0.3 is 9.30 Å². The van der Waals surface area contributed by atoms with Crippen molar-refractivity contribution in [3.63, 3.8) is 0 Å². The molecule has 0 aliphatic rings. The summed E-state index contributed by atoms with van der Waals surface area (Å²) in [5.74, 6) is -2.38. The van der Waals surface area contributed by atoms with Crippen LogP contribution in [0.5, 0.6) is 0 Å². The zero-order valence-electron chi connectivity index (χ0n) is 11.2. The van der Waals surface area contributed by atoms with Gasteiger partial charge in [-0.15, -0.1) is 11.6 Å². The minimum absolute atomic E-state index is 0.0922. The first-order valence-corrected chi connectivity index (χ1v) is 6.39. The molecule has 2 rings (SSSR count). The fourth-order valence-corrected chi connectivity index (χ4v) is 2.24. The smallest absolute Gasteiger partial charge is 0.328 e. The quantitative estimate of drug-likeness (QED) is 0.645. The Labute approximate surface area is 119 Å². The van der Waals surface area contributed by atoms with Gasteiger partial charge in [-0.05, 0) is 26.0 Å². The molecule has 0 fully saturated rings. The molecule has 0 radical (unpaired) electrons. The van der Waals surface area contributed by atoms with E-state index in [0.29, 0.717) is 0 Å². The number of hydrogen-bond donors (Lipinski definition) is 0. The third-order valence-electron chi connectivity index (χ3n) is 3.06. The van der Waals surface area contributed by atoms with Gasteiger partial charge in [-0.1, -0.05) is 0 Å². The Balaban J connectivity index is 2.80. The summed E-state index contributed by atoms with van der Waals surface area (Å²) in [6.45, 7) is 3.15. The Hall–Kier alpha value is -1.69. The van der Waals surface area contributed by atoms with Gasteiger partial charge in [-0.25, -0.2) is 18.6 Å². The molecule has 2 atom stereocenters. The Kier molecular flexibility index (Phi) is 3.94. The maximum Gasteiger partial charge on any atom is 0.328 e. The molecule has 0 aliphatic carbocycles. The molecule has 0 bridgehead atoms. The van der Waals surface area contributed by atoms with Crippen LogP contribution < -0.4 is 0 Å². The summed E-state index contributed by atoms with van der Waals surface area (Å²) >= 11 is 6.01. The number of esters is 1. The molecule has 1 aromatic carbocycles. The van der Waals surface area contributed by atoms with Crippen LogP contribution in [-0.2, 0) is 9.53 Å². The lowest BCUT2D eigenvalue weighted by Crippen LogP contribution is -2.20. The predicted molar refractivity (Wildman–Crippen MR) is 70.6 cm³/mol. The standard InChI is InChI=1S/C13H13ClF2N2O2/c1-6(14)12-17-9-5-4-8(15)10(16)11(9)18(12)7(2)13(19)20-3/h4-7H,1-3H3. The normalized spacial score (nSPS) is 14.3. The maximum atomic E-state index is 14.0. The Morgan fingerprint density at radius 3 is 2.60 bits per heavy atom. The molecular weight excluding hydrogens is 290 g/mol. The zero-order valence-corrected chi connectivity index (χ0v) is 11.9. The van der Waals surface area contributed by atoms with E-state index in [4.69, 9.17) is 11.6 Å². The number of carbonyl (C=O) groups is 1. The molecule has 20 heavy (non-hydrogen) atoms. The second-order valence-corrected chi connectivity index (χ2v) is 5.04. The number of imidazole rings is 1. The van der Waals surface area contributed by atoms with E-state index in [1.165, 1.54) is 24.7 Å². The van der Waals surface area contributed by atoms with E-state index in [0.717, 1.165) is 6.07 Å². The van der Waals surface area contributed by atoms with E-state index >= 15 is 0 Å². The van der Waals surface area contributed by atoms with Crippen LogP contribution in [-0.4, -0.2) is 22.6 Å². The van der Waals surface area contributed by atoms with E-state index in [-0.39, 0.29) is 16.9 Å². The minimum atomic E-state index is -1.06. The lowest BCUT2D eigenvalue weighted by molar-refractivity contribution is -0.143. The topological polar surface area (TPSA) is 44.1 Å². The van der Waals surface area contributed by atoms with E-state index in [2.05, 4.69) is 9.72 Å². The summed E-state index contributed by atoms with van der Waals surface area (Å²) in [5.41, 5.74) is 0.146. The van der Waals surface area contributed by atoms with Crippen LogP contribution in [0.1, 0.15) is 31.1 Å². The summed E-state index contributed by atoms with van der Waals surface area (Å²) in [6, 6.07) is 1.47. The Morgan fingerprint density at radius 1 is 1.40 bits per heavy atom. The maximum absolute atomic E-state index is 14.0. The first-order chi connectivity index (χ1) is 9.38. The molecule has 108 valence electrons. The molecule has 4 nitrogen and oxygen atoms in total. The fraction of sp³-hybridized carbons (Fsp3) is 0.385. The minimum Gasteiger partial charge on any atom is -0.467 e. The van der Waals surface area contributed by atoms with Crippen molar-refractivity contribution >= 4 is 28.6 Å². The second-order valence-electron chi connectivity index (χ2n) is 4.38. The molecule has 0 saturated heterocycles. The van der Waals surface area contributed by atoms with Crippen molar-refractivity contribution in [3.05, 3.63) is 29.6 Å². The number of fused-ring (bicyclic) bond motifs is 1. The van der Waals surface area contributed by atoms with Gasteiger partial charge in [0.05, 0.1) is 18.0 Å². The molecule has 0 aliphatic heterocycles. The van der Waals surface area contributed by atoms with Gasteiger partial charge in [0.15, 0.2) is 11.6 Å². The molecule has 1 aromatic heterocycles. The Bertz CT molecular complexity index is 670. The molecule has 0 N–H and O–H groups in total. The van der Waals surface area contributed by atoms with Crippen LogP contribution >= 0.6 is 11.6 Å². The number of benzene rings is 1. The van der Waals surface area contributed by atoms with Gasteiger partial charge >= 0.3 is 5.97 Å². The third-order valence-corrected chi connectivity index (χ3v) is 3.25. The number of methoxy groups -OCH3 is 1. The van der Waals surface area contributed by atoms with E-state index in [9.17, 15) is 13.6 Å². The van der Waals surface area contributed by atoms with Crippen molar-refractivity contribution in [1.82, 2.24) is 9.55 Å². The van der Waals surface area contributed by atoms with E-state index in [1.807, 2.05) is 0 Å². The summed E-state index contributed by atoms with van der Waals surface area (Å²) in [7, 11) is 1.22. The summed E-state index contributed by atoms with van der Waals surface area (Å²) in [6.07, 6.45) is 0. The van der Waals surface area contributed by atoms with Crippen molar-refractivity contribution in [3.8, 4) is 0 Å². The van der Waals surface area contributed by atoms with Gasteiger partial charge in [0.1, 0.15) is 17.4 Å². The molecule has 7 heteroatoms. The summed E-state index contributed by atoms with van der Waals surface area (Å²) in [5, 5.41) is -0.572. The lowest BCUT2D eigenvalue weighted by atomic mass is 10.2. The largest absolute Gasteiger partial charge is 0.467 e. The highest BCUT2D eigenvalue weighted by atomic mass is 35.5. The average molecular weight is 303 g/mol. The van der Waals surface area contributed by atoms with Gasteiger partial charge in [-0.2, -0.15) is 0 Å². The van der Waals surface area contributed by atoms with Crippen molar-refractivity contribution in [2.75, 3.05) is 7.11 Å². The second kappa shape index (κ2) is 5.36. The highest BCUT2D eigenvalue weighted by molar-refractivity contribution is 6.20. The molecule has 0 amide bonds. The van der Waals surface area contributed by atoms with Gasteiger partial charge in [0.25, 0.3) is 0 Å². The van der Waals surface area contributed by atoms with Crippen molar-refractivity contribution < 1.29 is 18.3 Å². The van der Waals surface area contributed by atoms with Crippen LogP contribution in [0, 0.1) is 11.6 Å². The number of hydrogen-bond acceptors (Lipinski definition) is 3. The first-order valence-electron chi connectivity index (χ1n) is 5.96. The number of aromatic nitrogens is 2. The average Bonchev–Trinajstić information content (AvgIpc) is 2.81. The molecule has 0 saturated carbocycles. The molecular formula is C13H13ClF2N2O2. The van der Waals surface area contributed by atoms with Crippen molar-refractivity contribution in [2.45, 2.75) is 25.3 Å². The molecule has 2 aromatic rings. The van der Waals surface area contributed by atoms with Gasteiger partial charge in [0.2, 0.25) is 0 Å². The summed E-state index contributed by atoms with van der Waals surface area (Å²) < 4.78 is 33.4. The van der Waals surface area contributed by atoms with E-state index < -0.39 is 29.0 Å². The summed E-state index contributed by atoms with van der Waals surface area (Å²) in [4.78, 5) is 15.9. The van der Waals surface area contributed by atoms with Crippen LogP contribution in [0.3, 0.4) is 0 Å². The number of carbonyl (C=O) groups excluding carboxylic acids is 1. The van der Waals surface area contributed by atoms with Crippen molar-refractivity contribution in [2.24, 2.45) is 0 Å². The zero-order chi connectivity index (χ0) is 15.0. The fourth-order valence-electron chi connectivity index (χ4n) is 2.09. The monoisotopic (exact) mass is 302 g/mol. The van der Waals surface area contributed by atoms with E-state index in [1.54, 1.807) is 6.92 Å². The molecule has 1 heterocycles. The molecule has 2 unspecified atom stereocenters. The number of alkyl halides is 1.